The molecular weight excluding hydrogens is 372 g/mol. The molecule has 0 spiro atoms. The van der Waals surface area contributed by atoms with E-state index in [1.165, 1.54) is 11.1 Å². The molecule has 0 radical (unpaired) electrons. The maximum atomic E-state index is 4.74. The Hall–Kier alpha value is -3.67. The average molecular weight is 399 g/mol. The van der Waals surface area contributed by atoms with Crippen LogP contribution in [0.15, 0.2) is 90.1 Å². The summed E-state index contributed by atoms with van der Waals surface area (Å²) < 4.78 is 1.96. The van der Waals surface area contributed by atoms with Crippen LogP contribution in [0.2, 0.25) is 0 Å². The van der Waals surface area contributed by atoms with E-state index in [1.807, 2.05) is 40.9 Å². The van der Waals surface area contributed by atoms with E-state index in [0.717, 1.165) is 30.5 Å². The van der Waals surface area contributed by atoms with Gasteiger partial charge in [-0.1, -0.05) is 66.7 Å². The Kier molecular flexibility index (Phi) is 6.35. The molecule has 2 N–H and O–H groups in total. The first-order chi connectivity index (χ1) is 14.8. The molecule has 4 rings (SSSR count). The number of hydrogen-bond acceptors (Lipinski definition) is 3. The summed E-state index contributed by atoms with van der Waals surface area (Å²) in [5.74, 6) is 1.80. The van der Waals surface area contributed by atoms with Crippen molar-refractivity contribution in [3.63, 3.8) is 0 Å². The molecule has 6 heteroatoms. The van der Waals surface area contributed by atoms with E-state index in [9.17, 15) is 0 Å². The molecule has 2 aromatic carbocycles. The van der Waals surface area contributed by atoms with Gasteiger partial charge >= 0.3 is 0 Å². The third kappa shape index (κ3) is 4.66. The number of benzene rings is 2. The number of rotatable bonds is 7. The van der Waals surface area contributed by atoms with Gasteiger partial charge in [-0.15, -0.1) is 10.2 Å². The van der Waals surface area contributed by atoms with Gasteiger partial charge in [0.15, 0.2) is 17.4 Å². The number of guanidine groups is 1. The molecule has 0 unspecified atom stereocenters. The topological polar surface area (TPSA) is 66.6 Å². The second-order valence-electron chi connectivity index (χ2n) is 7.00. The van der Waals surface area contributed by atoms with Gasteiger partial charge in [-0.05, 0) is 30.2 Å². The van der Waals surface area contributed by atoms with Crippen LogP contribution in [-0.4, -0.2) is 33.6 Å². The Labute approximate surface area is 176 Å². The molecule has 0 saturated carbocycles. The highest BCUT2D eigenvalue weighted by Crippen LogP contribution is 2.23. The zero-order valence-corrected chi connectivity index (χ0v) is 17.1. The molecule has 0 fully saturated rings. The number of fused-ring (bicyclic) bond motifs is 1. The fourth-order valence-corrected chi connectivity index (χ4v) is 3.49. The molecule has 30 heavy (non-hydrogen) atoms. The molecule has 0 saturated heterocycles. The number of aromatic nitrogens is 3. The molecular formula is C24H26N6. The third-order valence-electron chi connectivity index (χ3n) is 4.98. The molecule has 0 atom stereocenters. The van der Waals surface area contributed by atoms with Gasteiger partial charge in [0, 0.05) is 25.2 Å². The summed E-state index contributed by atoms with van der Waals surface area (Å²) in [4.78, 5) is 4.74. The van der Waals surface area contributed by atoms with Crippen molar-refractivity contribution in [3.8, 4) is 0 Å². The zero-order chi connectivity index (χ0) is 20.6. The van der Waals surface area contributed by atoms with Crippen molar-refractivity contribution >= 4 is 11.6 Å². The predicted molar refractivity (Wildman–Crippen MR) is 121 cm³/mol. The van der Waals surface area contributed by atoms with Crippen LogP contribution in [0.4, 0.5) is 0 Å². The summed E-state index contributed by atoms with van der Waals surface area (Å²) in [5, 5.41) is 15.3. The number of aliphatic imine (C=N–C) groups is 1. The normalized spacial score (nSPS) is 11.7. The standard InChI is InChI=1S/C24H26N6/c1-2-25-24(27-18-23-29-28-22-15-9-10-16-30(22)23)26-17-21(19-11-5-3-6-12-19)20-13-7-4-8-14-20/h3-16,21H,2,17-18H2,1H3,(H2,25,26,27). The third-order valence-corrected chi connectivity index (χ3v) is 4.98. The summed E-state index contributed by atoms with van der Waals surface area (Å²) in [5.41, 5.74) is 3.37. The van der Waals surface area contributed by atoms with E-state index >= 15 is 0 Å². The van der Waals surface area contributed by atoms with Crippen LogP contribution in [-0.2, 0) is 6.54 Å². The smallest absolute Gasteiger partial charge is 0.191 e. The van der Waals surface area contributed by atoms with Gasteiger partial charge in [-0.2, -0.15) is 0 Å². The van der Waals surface area contributed by atoms with Gasteiger partial charge in [-0.3, -0.25) is 4.40 Å². The van der Waals surface area contributed by atoms with E-state index in [4.69, 9.17) is 4.99 Å². The van der Waals surface area contributed by atoms with Crippen LogP contribution in [0, 0.1) is 0 Å². The van der Waals surface area contributed by atoms with Gasteiger partial charge in [0.1, 0.15) is 6.54 Å². The monoisotopic (exact) mass is 398 g/mol. The molecule has 6 nitrogen and oxygen atoms in total. The summed E-state index contributed by atoms with van der Waals surface area (Å²) in [6.45, 7) is 4.03. The van der Waals surface area contributed by atoms with Crippen LogP contribution in [0.3, 0.4) is 0 Å². The van der Waals surface area contributed by atoms with E-state index in [2.05, 4.69) is 76.3 Å². The maximum Gasteiger partial charge on any atom is 0.191 e. The minimum Gasteiger partial charge on any atom is -0.357 e. The second kappa shape index (κ2) is 9.69. The highest BCUT2D eigenvalue weighted by atomic mass is 15.3. The highest BCUT2D eigenvalue weighted by Gasteiger charge is 2.14. The molecule has 0 aliphatic carbocycles. The molecule has 0 aliphatic heterocycles. The van der Waals surface area contributed by atoms with Crippen molar-refractivity contribution in [2.24, 2.45) is 4.99 Å². The van der Waals surface area contributed by atoms with E-state index in [1.54, 1.807) is 0 Å². The molecule has 2 aromatic heterocycles. The lowest BCUT2D eigenvalue weighted by atomic mass is 9.91. The van der Waals surface area contributed by atoms with Crippen molar-refractivity contribution in [2.45, 2.75) is 19.4 Å². The average Bonchev–Trinajstić information content (AvgIpc) is 3.22. The summed E-state index contributed by atoms with van der Waals surface area (Å²) in [6, 6.07) is 27.0. The Morgan fingerprint density at radius 3 is 2.20 bits per heavy atom. The quantitative estimate of drug-likeness (QED) is 0.369. The van der Waals surface area contributed by atoms with Crippen LogP contribution < -0.4 is 10.6 Å². The molecule has 152 valence electrons. The van der Waals surface area contributed by atoms with Gasteiger partial charge < -0.3 is 10.6 Å². The van der Waals surface area contributed by atoms with Crippen molar-refractivity contribution in [3.05, 3.63) is 102 Å². The molecule has 0 bridgehead atoms. The van der Waals surface area contributed by atoms with Gasteiger partial charge in [0.05, 0.1) is 0 Å². The van der Waals surface area contributed by atoms with Crippen molar-refractivity contribution in [1.29, 1.82) is 0 Å². The fraction of sp³-hybridized carbons (Fsp3) is 0.208. The molecule has 0 amide bonds. The van der Waals surface area contributed by atoms with Crippen molar-refractivity contribution in [1.82, 2.24) is 25.2 Å². The Morgan fingerprint density at radius 1 is 0.867 bits per heavy atom. The van der Waals surface area contributed by atoms with Crippen LogP contribution in [0.25, 0.3) is 5.65 Å². The van der Waals surface area contributed by atoms with Crippen LogP contribution in [0.1, 0.15) is 29.8 Å². The highest BCUT2D eigenvalue weighted by molar-refractivity contribution is 5.79. The SMILES string of the molecule is CCNC(=NCc1nnc2ccccn12)NCC(c1ccccc1)c1ccccc1. The lowest BCUT2D eigenvalue weighted by Crippen LogP contribution is -2.39. The minimum absolute atomic E-state index is 0.227. The molecule has 2 heterocycles. The number of nitrogens with one attached hydrogen (secondary N) is 2. The first-order valence-corrected chi connectivity index (χ1v) is 10.3. The van der Waals surface area contributed by atoms with Crippen molar-refractivity contribution < 1.29 is 0 Å². The number of hydrogen-bond donors (Lipinski definition) is 2. The predicted octanol–water partition coefficient (Wildman–Crippen LogP) is 3.62. The summed E-state index contributed by atoms with van der Waals surface area (Å²) in [6.07, 6.45) is 1.96. The Bertz CT molecular complexity index is 1050. The Balaban J connectivity index is 1.52. The minimum atomic E-state index is 0.227. The van der Waals surface area contributed by atoms with Crippen molar-refractivity contribution in [2.75, 3.05) is 13.1 Å². The summed E-state index contributed by atoms with van der Waals surface area (Å²) in [7, 11) is 0. The van der Waals surface area contributed by atoms with E-state index < -0.39 is 0 Å². The van der Waals surface area contributed by atoms with Gasteiger partial charge in [0.2, 0.25) is 0 Å². The first kappa shape index (κ1) is 19.6. The zero-order valence-electron chi connectivity index (χ0n) is 17.1. The number of nitrogens with zero attached hydrogens (tertiary/aromatic N) is 4. The Morgan fingerprint density at radius 2 is 1.53 bits per heavy atom. The molecule has 4 aromatic rings. The van der Waals surface area contributed by atoms with Gasteiger partial charge in [0.25, 0.3) is 0 Å². The lowest BCUT2D eigenvalue weighted by molar-refractivity contribution is 0.726. The summed E-state index contributed by atoms with van der Waals surface area (Å²) >= 11 is 0. The largest absolute Gasteiger partial charge is 0.357 e. The first-order valence-electron chi connectivity index (χ1n) is 10.3. The lowest BCUT2D eigenvalue weighted by Gasteiger charge is -2.20. The van der Waals surface area contributed by atoms with Gasteiger partial charge in [-0.25, -0.2) is 4.99 Å². The number of pyridine rings is 1. The second-order valence-corrected chi connectivity index (χ2v) is 7.00. The fourth-order valence-electron chi connectivity index (χ4n) is 3.49. The maximum absolute atomic E-state index is 4.74. The van der Waals surface area contributed by atoms with Crippen LogP contribution in [0.5, 0.6) is 0 Å². The van der Waals surface area contributed by atoms with Crippen LogP contribution >= 0.6 is 0 Å². The van der Waals surface area contributed by atoms with E-state index in [-0.39, 0.29) is 5.92 Å². The van der Waals surface area contributed by atoms with E-state index in [0.29, 0.717) is 6.54 Å². The molecule has 0 aliphatic rings.